The molecule has 1 aromatic rings. The fraction of sp³-hybridized carbons (Fsp3) is 0.583. The minimum absolute atomic E-state index is 0.362. The summed E-state index contributed by atoms with van der Waals surface area (Å²) in [6.07, 6.45) is 4.65. The van der Waals surface area contributed by atoms with Crippen LogP contribution < -0.4 is 5.32 Å². The summed E-state index contributed by atoms with van der Waals surface area (Å²) in [5, 5.41) is 3.42. The molecular formula is C12H19BrN2O. The Kier molecular flexibility index (Phi) is 6.61. The van der Waals surface area contributed by atoms with E-state index in [0.29, 0.717) is 6.04 Å². The zero-order valence-electron chi connectivity index (χ0n) is 9.87. The van der Waals surface area contributed by atoms with Crippen LogP contribution in [0, 0.1) is 0 Å². The lowest BCUT2D eigenvalue weighted by Crippen LogP contribution is -2.35. The molecule has 16 heavy (non-hydrogen) atoms. The van der Waals surface area contributed by atoms with Crippen LogP contribution in [0.5, 0.6) is 0 Å². The van der Waals surface area contributed by atoms with Crippen LogP contribution in [0.2, 0.25) is 0 Å². The maximum atomic E-state index is 5.46. The van der Waals surface area contributed by atoms with Crippen LogP contribution >= 0.6 is 15.9 Å². The number of halogens is 1. The van der Waals surface area contributed by atoms with Gasteiger partial charge in [0.1, 0.15) is 0 Å². The predicted molar refractivity (Wildman–Crippen MR) is 69.6 cm³/mol. The molecule has 3 nitrogen and oxygen atoms in total. The Bertz CT molecular complexity index is 307. The predicted octanol–water partition coefficient (Wildman–Crippen LogP) is 2.40. The molecule has 0 aliphatic carbocycles. The number of nitrogens with zero attached hydrogens (tertiary/aromatic N) is 1. The Hall–Kier alpha value is -0.450. The van der Waals surface area contributed by atoms with Crippen molar-refractivity contribution in [3.63, 3.8) is 0 Å². The van der Waals surface area contributed by atoms with Crippen molar-refractivity contribution in [1.29, 1.82) is 0 Å². The van der Waals surface area contributed by atoms with Crippen molar-refractivity contribution in [2.24, 2.45) is 0 Å². The summed E-state index contributed by atoms with van der Waals surface area (Å²) in [5.74, 6) is 0. The lowest BCUT2D eigenvalue weighted by molar-refractivity contribution is 0.123. The summed E-state index contributed by atoms with van der Waals surface area (Å²) in [7, 11) is 0. The molecule has 0 saturated heterocycles. The van der Waals surface area contributed by atoms with Crippen LogP contribution in [0.15, 0.2) is 22.9 Å². The van der Waals surface area contributed by atoms with E-state index in [1.165, 1.54) is 5.56 Å². The van der Waals surface area contributed by atoms with Gasteiger partial charge in [-0.15, -0.1) is 0 Å². The zero-order valence-corrected chi connectivity index (χ0v) is 11.5. The van der Waals surface area contributed by atoms with Gasteiger partial charge in [-0.1, -0.05) is 6.92 Å². The molecule has 1 unspecified atom stereocenters. The van der Waals surface area contributed by atoms with Gasteiger partial charge in [-0.25, -0.2) is 0 Å². The first-order valence-corrected chi connectivity index (χ1v) is 6.46. The summed E-state index contributed by atoms with van der Waals surface area (Å²) >= 11 is 3.43. The first kappa shape index (κ1) is 13.6. The normalized spacial score (nSPS) is 12.7. The molecular weight excluding hydrogens is 268 g/mol. The average molecular weight is 287 g/mol. The molecule has 0 amide bonds. The van der Waals surface area contributed by atoms with Gasteiger partial charge in [0, 0.05) is 29.5 Å². The van der Waals surface area contributed by atoms with Crippen LogP contribution in [0.3, 0.4) is 0 Å². The number of nitrogens with one attached hydrogen (secondary N) is 1. The summed E-state index contributed by atoms with van der Waals surface area (Å²) in [4.78, 5) is 4.16. The fourth-order valence-electron chi connectivity index (χ4n) is 1.59. The van der Waals surface area contributed by atoms with Gasteiger partial charge in [-0.2, -0.15) is 0 Å². The maximum Gasteiger partial charge on any atom is 0.0622 e. The van der Waals surface area contributed by atoms with Gasteiger partial charge in [0.25, 0.3) is 0 Å². The van der Waals surface area contributed by atoms with E-state index in [-0.39, 0.29) is 0 Å². The van der Waals surface area contributed by atoms with E-state index < -0.39 is 0 Å². The molecule has 0 fully saturated rings. The Balaban J connectivity index is 2.52. The molecule has 4 heteroatoms. The highest BCUT2D eigenvalue weighted by Gasteiger charge is 2.08. The second-order valence-electron chi connectivity index (χ2n) is 3.63. The smallest absolute Gasteiger partial charge is 0.0622 e. The van der Waals surface area contributed by atoms with E-state index in [4.69, 9.17) is 4.74 Å². The largest absolute Gasteiger partial charge is 0.380 e. The molecule has 1 heterocycles. The molecule has 0 spiro atoms. The average Bonchev–Trinajstić information content (AvgIpc) is 2.26. The van der Waals surface area contributed by atoms with Crippen LogP contribution in [0.4, 0.5) is 0 Å². The van der Waals surface area contributed by atoms with E-state index in [2.05, 4.69) is 39.2 Å². The minimum atomic E-state index is 0.362. The summed E-state index contributed by atoms with van der Waals surface area (Å²) in [5.41, 5.74) is 1.22. The number of rotatable bonds is 7. The lowest BCUT2D eigenvalue weighted by Gasteiger charge is -2.17. The maximum absolute atomic E-state index is 5.46. The number of aromatic nitrogens is 1. The van der Waals surface area contributed by atoms with Crippen LogP contribution in [-0.4, -0.2) is 30.8 Å². The molecule has 0 aliphatic rings. The summed E-state index contributed by atoms with van der Waals surface area (Å²) in [6.45, 7) is 6.59. The zero-order chi connectivity index (χ0) is 11.8. The third-order valence-electron chi connectivity index (χ3n) is 2.26. The molecule has 1 atom stereocenters. The van der Waals surface area contributed by atoms with E-state index in [1.807, 2.05) is 13.1 Å². The molecule has 0 saturated carbocycles. The van der Waals surface area contributed by atoms with Crippen LogP contribution in [0.1, 0.15) is 19.4 Å². The third-order valence-corrected chi connectivity index (χ3v) is 2.69. The molecule has 1 rings (SSSR count). The van der Waals surface area contributed by atoms with E-state index >= 15 is 0 Å². The number of ether oxygens (including phenoxy) is 1. The second kappa shape index (κ2) is 7.76. The monoisotopic (exact) mass is 286 g/mol. The van der Waals surface area contributed by atoms with Gasteiger partial charge < -0.3 is 10.1 Å². The van der Waals surface area contributed by atoms with Gasteiger partial charge >= 0.3 is 0 Å². The van der Waals surface area contributed by atoms with Crippen LogP contribution in [0.25, 0.3) is 0 Å². The van der Waals surface area contributed by atoms with Gasteiger partial charge in [0.2, 0.25) is 0 Å². The van der Waals surface area contributed by atoms with Crippen LogP contribution in [-0.2, 0) is 11.2 Å². The Morgan fingerprint density at radius 3 is 2.88 bits per heavy atom. The van der Waals surface area contributed by atoms with Crippen molar-refractivity contribution in [2.45, 2.75) is 26.3 Å². The first-order valence-electron chi connectivity index (χ1n) is 5.66. The molecule has 1 N–H and O–H groups in total. The lowest BCUT2D eigenvalue weighted by atomic mass is 10.1. The number of likely N-dealkylation sites (N-methyl/N-ethyl adjacent to an activating group) is 1. The highest BCUT2D eigenvalue weighted by Crippen LogP contribution is 2.11. The molecule has 90 valence electrons. The first-order chi connectivity index (χ1) is 7.76. The topological polar surface area (TPSA) is 34.1 Å². The van der Waals surface area contributed by atoms with Crippen molar-refractivity contribution in [1.82, 2.24) is 10.3 Å². The Morgan fingerprint density at radius 2 is 2.25 bits per heavy atom. The van der Waals surface area contributed by atoms with Crippen molar-refractivity contribution in [2.75, 3.05) is 19.8 Å². The van der Waals surface area contributed by atoms with Gasteiger partial charge in [-0.3, -0.25) is 4.98 Å². The van der Waals surface area contributed by atoms with E-state index in [0.717, 1.165) is 30.7 Å². The highest BCUT2D eigenvalue weighted by atomic mass is 79.9. The minimum Gasteiger partial charge on any atom is -0.380 e. The number of hydrogen-bond donors (Lipinski definition) is 1. The van der Waals surface area contributed by atoms with Crippen molar-refractivity contribution in [3.8, 4) is 0 Å². The molecule has 0 radical (unpaired) electrons. The van der Waals surface area contributed by atoms with Gasteiger partial charge in [0.15, 0.2) is 0 Å². The second-order valence-corrected chi connectivity index (χ2v) is 4.55. The van der Waals surface area contributed by atoms with Crippen molar-refractivity contribution >= 4 is 15.9 Å². The van der Waals surface area contributed by atoms with E-state index in [1.54, 1.807) is 6.20 Å². The van der Waals surface area contributed by atoms with Gasteiger partial charge in [0.05, 0.1) is 6.61 Å². The third kappa shape index (κ3) is 5.05. The summed E-state index contributed by atoms with van der Waals surface area (Å²) in [6, 6.07) is 2.46. The quantitative estimate of drug-likeness (QED) is 0.836. The van der Waals surface area contributed by atoms with Crippen molar-refractivity contribution < 1.29 is 4.74 Å². The molecule has 0 aliphatic heterocycles. The number of pyridine rings is 1. The fourth-order valence-corrected chi connectivity index (χ4v) is 2.00. The molecule has 0 bridgehead atoms. The SMILES string of the molecule is CCNC(COCC)Cc1cncc(Br)c1. The van der Waals surface area contributed by atoms with Gasteiger partial charge in [-0.05, 0) is 47.4 Å². The highest BCUT2D eigenvalue weighted by molar-refractivity contribution is 9.10. The summed E-state index contributed by atoms with van der Waals surface area (Å²) < 4.78 is 6.48. The molecule has 0 aromatic carbocycles. The number of hydrogen-bond acceptors (Lipinski definition) is 3. The molecule has 1 aromatic heterocycles. The van der Waals surface area contributed by atoms with E-state index in [9.17, 15) is 0 Å². The Labute approximate surface area is 106 Å². The standard InChI is InChI=1S/C12H19BrN2O/c1-3-15-12(9-16-4-2)6-10-5-11(13)8-14-7-10/h5,7-8,12,15H,3-4,6,9H2,1-2H3. The Morgan fingerprint density at radius 1 is 1.44 bits per heavy atom. The van der Waals surface area contributed by atoms with Crippen molar-refractivity contribution in [3.05, 3.63) is 28.5 Å².